The molecular formula is C13H18N4O. The summed E-state index contributed by atoms with van der Waals surface area (Å²) in [6.07, 6.45) is 4.20. The van der Waals surface area contributed by atoms with Crippen LogP contribution in [0.2, 0.25) is 0 Å². The van der Waals surface area contributed by atoms with E-state index in [4.69, 9.17) is 4.52 Å². The molecule has 0 saturated heterocycles. The minimum absolute atomic E-state index is 0.552. The number of aromatic nitrogens is 3. The van der Waals surface area contributed by atoms with Crippen LogP contribution < -0.4 is 5.32 Å². The Morgan fingerprint density at radius 3 is 2.78 bits per heavy atom. The summed E-state index contributed by atoms with van der Waals surface area (Å²) in [5.74, 6) is 1.94. The third kappa shape index (κ3) is 3.63. The van der Waals surface area contributed by atoms with Gasteiger partial charge in [0.15, 0.2) is 5.82 Å². The second-order valence-electron chi connectivity index (χ2n) is 4.60. The minimum Gasteiger partial charge on any atom is -0.334 e. The van der Waals surface area contributed by atoms with E-state index in [1.54, 1.807) is 12.4 Å². The summed E-state index contributed by atoms with van der Waals surface area (Å²) in [5.41, 5.74) is 0.902. The third-order valence-electron chi connectivity index (χ3n) is 2.47. The standard InChI is InChI=1S/C13H18N4O/c1-10(2)9-15-8-5-12-16-13(18-17-12)11-3-6-14-7-4-11/h3-4,6-7,10,15H,5,8-9H2,1-2H3. The molecule has 96 valence electrons. The zero-order valence-corrected chi connectivity index (χ0v) is 10.8. The van der Waals surface area contributed by atoms with Crippen LogP contribution in [0.1, 0.15) is 19.7 Å². The van der Waals surface area contributed by atoms with Crippen molar-refractivity contribution in [2.75, 3.05) is 13.1 Å². The van der Waals surface area contributed by atoms with E-state index in [-0.39, 0.29) is 0 Å². The molecule has 0 aliphatic carbocycles. The van der Waals surface area contributed by atoms with Gasteiger partial charge < -0.3 is 9.84 Å². The lowest BCUT2D eigenvalue weighted by molar-refractivity contribution is 0.421. The molecule has 1 N–H and O–H groups in total. The Morgan fingerprint density at radius 1 is 1.28 bits per heavy atom. The first-order chi connectivity index (χ1) is 8.75. The SMILES string of the molecule is CC(C)CNCCc1noc(-c2ccncc2)n1. The van der Waals surface area contributed by atoms with E-state index < -0.39 is 0 Å². The van der Waals surface area contributed by atoms with Gasteiger partial charge in [0.05, 0.1) is 0 Å². The monoisotopic (exact) mass is 246 g/mol. The van der Waals surface area contributed by atoms with Crippen LogP contribution in [0.3, 0.4) is 0 Å². The van der Waals surface area contributed by atoms with Gasteiger partial charge in [-0.1, -0.05) is 19.0 Å². The average Bonchev–Trinajstić information content (AvgIpc) is 2.84. The lowest BCUT2D eigenvalue weighted by Gasteiger charge is -2.04. The van der Waals surface area contributed by atoms with Gasteiger partial charge in [0.25, 0.3) is 5.89 Å². The number of hydrogen-bond acceptors (Lipinski definition) is 5. The van der Waals surface area contributed by atoms with Crippen molar-refractivity contribution < 1.29 is 4.52 Å². The van der Waals surface area contributed by atoms with Gasteiger partial charge in [0.1, 0.15) is 0 Å². The highest BCUT2D eigenvalue weighted by Gasteiger charge is 2.07. The average molecular weight is 246 g/mol. The molecule has 2 heterocycles. The molecule has 0 spiro atoms. The molecule has 0 atom stereocenters. The second kappa shape index (κ2) is 6.26. The first-order valence-electron chi connectivity index (χ1n) is 6.19. The summed E-state index contributed by atoms with van der Waals surface area (Å²) in [6, 6.07) is 3.71. The zero-order chi connectivity index (χ0) is 12.8. The van der Waals surface area contributed by atoms with Crippen LogP contribution in [0.25, 0.3) is 11.5 Å². The van der Waals surface area contributed by atoms with Crippen molar-refractivity contribution in [2.24, 2.45) is 5.92 Å². The van der Waals surface area contributed by atoms with Gasteiger partial charge in [-0.15, -0.1) is 0 Å². The molecule has 2 rings (SSSR count). The van der Waals surface area contributed by atoms with Crippen LogP contribution >= 0.6 is 0 Å². The summed E-state index contributed by atoms with van der Waals surface area (Å²) in [5, 5.41) is 7.31. The van der Waals surface area contributed by atoms with Crippen LogP contribution in [-0.2, 0) is 6.42 Å². The van der Waals surface area contributed by atoms with Crippen molar-refractivity contribution in [1.29, 1.82) is 0 Å². The number of rotatable bonds is 6. The van der Waals surface area contributed by atoms with Crippen molar-refractivity contribution in [3.63, 3.8) is 0 Å². The summed E-state index contributed by atoms with van der Waals surface area (Å²) in [7, 11) is 0. The normalized spacial score (nSPS) is 11.1. The molecule has 2 aromatic heterocycles. The Kier molecular flexibility index (Phi) is 4.41. The molecule has 18 heavy (non-hydrogen) atoms. The highest BCUT2D eigenvalue weighted by atomic mass is 16.5. The lowest BCUT2D eigenvalue weighted by Crippen LogP contribution is -2.22. The summed E-state index contributed by atoms with van der Waals surface area (Å²) >= 11 is 0. The van der Waals surface area contributed by atoms with Crippen LogP contribution in [0.15, 0.2) is 29.0 Å². The number of nitrogens with one attached hydrogen (secondary N) is 1. The molecule has 0 radical (unpaired) electrons. The fourth-order valence-corrected chi connectivity index (χ4v) is 1.56. The lowest BCUT2D eigenvalue weighted by atomic mass is 10.2. The summed E-state index contributed by atoms with van der Waals surface area (Å²) in [6.45, 7) is 6.24. The van der Waals surface area contributed by atoms with Crippen LogP contribution in [0, 0.1) is 5.92 Å². The smallest absolute Gasteiger partial charge is 0.258 e. The zero-order valence-electron chi connectivity index (χ0n) is 10.8. The van der Waals surface area contributed by atoms with E-state index in [1.807, 2.05) is 12.1 Å². The van der Waals surface area contributed by atoms with Gasteiger partial charge in [-0.2, -0.15) is 4.98 Å². The Hall–Kier alpha value is -1.75. The maximum absolute atomic E-state index is 5.21. The summed E-state index contributed by atoms with van der Waals surface area (Å²) < 4.78 is 5.21. The fraction of sp³-hybridized carbons (Fsp3) is 0.462. The van der Waals surface area contributed by atoms with Gasteiger partial charge in [-0.05, 0) is 24.6 Å². The van der Waals surface area contributed by atoms with E-state index in [9.17, 15) is 0 Å². The molecule has 0 aliphatic rings. The van der Waals surface area contributed by atoms with Crippen molar-refractivity contribution >= 4 is 0 Å². The predicted molar refractivity (Wildman–Crippen MR) is 68.9 cm³/mol. The minimum atomic E-state index is 0.552. The molecule has 2 aromatic rings. The van der Waals surface area contributed by atoms with Crippen LogP contribution in [0.4, 0.5) is 0 Å². The summed E-state index contributed by atoms with van der Waals surface area (Å²) in [4.78, 5) is 8.31. The fourth-order valence-electron chi connectivity index (χ4n) is 1.56. The molecule has 5 heteroatoms. The van der Waals surface area contributed by atoms with Crippen LogP contribution in [0.5, 0.6) is 0 Å². The Balaban J connectivity index is 1.87. The number of hydrogen-bond donors (Lipinski definition) is 1. The highest BCUT2D eigenvalue weighted by Crippen LogP contribution is 2.15. The van der Waals surface area contributed by atoms with Crippen LogP contribution in [-0.4, -0.2) is 28.2 Å². The molecule has 0 aromatic carbocycles. The van der Waals surface area contributed by atoms with E-state index in [0.29, 0.717) is 11.8 Å². The van der Waals surface area contributed by atoms with Gasteiger partial charge in [0.2, 0.25) is 0 Å². The molecule has 0 aliphatic heterocycles. The van der Waals surface area contributed by atoms with Crippen molar-refractivity contribution in [1.82, 2.24) is 20.4 Å². The Labute approximate surface area is 107 Å². The first-order valence-corrected chi connectivity index (χ1v) is 6.19. The van der Waals surface area contributed by atoms with Gasteiger partial charge in [-0.3, -0.25) is 4.98 Å². The maximum atomic E-state index is 5.21. The largest absolute Gasteiger partial charge is 0.334 e. The van der Waals surface area contributed by atoms with Gasteiger partial charge >= 0.3 is 0 Å². The Bertz CT molecular complexity index is 467. The number of nitrogens with zero attached hydrogens (tertiary/aromatic N) is 3. The van der Waals surface area contributed by atoms with E-state index >= 15 is 0 Å². The Morgan fingerprint density at radius 2 is 2.06 bits per heavy atom. The van der Waals surface area contributed by atoms with Crippen molar-refractivity contribution in [2.45, 2.75) is 20.3 Å². The predicted octanol–water partition coefficient (Wildman–Crippen LogP) is 1.92. The maximum Gasteiger partial charge on any atom is 0.258 e. The van der Waals surface area contributed by atoms with E-state index in [0.717, 1.165) is 30.9 Å². The molecule has 0 unspecified atom stereocenters. The molecular weight excluding hydrogens is 228 g/mol. The first kappa shape index (κ1) is 12.7. The number of pyridine rings is 1. The molecule has 5 nitrogen and oxygen atoms in total. The van der Waals surface area contributed by atoms with Gasteiger partial charge in [0, 0.05) is 30.9 Å². The topological polar surface area (TPSA) is 63.8 Å². The van der Waals surface area contributed by atoms with E-state index in [2.05, 4.69) is 34.3 Å². The molecule has 0 amide bonds. The highest BCUT2D eigenvalue weighted by molar-refractivity contribution is 5.50. The molecule has 0 fully saturated rings. The van der Waals surface area contributed by atoms with Crippen molar-refractivity contribution in [3.8, 4) is 11.5 Å². The molecule has 0 bridgehead atoms. The quantitative estimate of drug-likeness (QED) is 0.789. The van der Waals surface area contributed by atoms with E-state index in [1.165, 1.54) is 0 Å². The van der Waals surface area contributed by atoms with Crippen molar-refractivity contribution in [3.05, 3.63) is 30.4 Å². The second-order valence-corrected chi connectivity index (χ2v) is 4.60. The van der Waals surface area contributed by atoms with Gasteiger partial charge in [-0.25, -0.2) is 0 Å². The molecule has 0 saturated carbocycles. The third-order valence-corrected chi connectivity index (χ3v) is 2.47.